The molecule has 0 radical (unpaired) electrons. The van der Waals surface area contributed by atoms with E-state index in [1.165, 1.54) is 29.8 Å². The van der Waals surface area contributed by atoms with E-state index in [-0.39, 0.29) is 42.1 Å². The van der Waals surface area contributed by atoms with Gasteiger partial charge in [0.2, 0.25) is 11.8 Å². The molecule has 216 valence electrons. The molecule has 2 aliphatic heterocycles. The van der Waals surface area contributed by atoms with Gasteiger partial charge in [0.25, 0.3) is 5.56 Å². The first-order valence-corrected chi connectivity index (χ1v) is 14.1. The highest BCUT2D eigenvalue weighted by molar-refractivity contribution is 6.30. The predicted molar refractivity (Wildman–Crippen MR) is 152 cm³/mol. The van der Waals surface area contributed by atoms with Crippen LogP contribution in [0.3, 0.4) is 0 Å². The van der Waals surface area contributed by atoms with Gasteiger partial charge >= 0.3 is 0 Å². The van der Waals surface area contributed by atoms with Crippen LogP contribution < -0.4 is 10.5 Å². The summed E-state index contributed by atoms with van der Waals surface area (Å²) in [5.41, 5.74) is 0.985. The molecule has 3 atom stereocenters. The number of halogens is 3. The highest BCUT2D eigenvalue weighted by atomic mass is 35.5. The number of rotatable bonds is 4. The Balaban J connectivity index is 1.40. The predicted octanol–water partition coefficient (Wildman–Crippen LogP) is 4.14. The van der Waals surface area contributed by atoms with Crippen molar-refractivity contribution < 1.29 is 18.4 Å². The molecular weight excluding hydrogens is 552 g/mol. The van der Waals surface area contributed by atoms with Crippen LogP contribution in [0.25, 0.3) is 0 Å². The van der Waals surface area contributed by atoms with Crippen LogP contribution in [0.4, 0.5) is 14.6 Å². The first kappa shape index (κ1) is 28.7. The van der Waals surface area contributed by atoms with Gasteiger partial charge in [-0.2, -0.15) is 5.10 Å². The van der Waals surface area contributed by atoms with Crippen LogP contribution in [0, 0.1) is 17.6 Å². The Morgan fingerprint density at radius 3 is 2.41 bits per heavy atom. The van der Waals surface area contributed by atoms with Gasteiger partial charge in [-0.25, -0.2) is 13.5 Å². The van der Waals surface area contributed by atoms with Crippen LogP contribution in [0.1, 0.15) is 42.9 Å². The van der Waals surface area contributed by atoms with E-state index in [4.69, 9.17) is 11.6 Å². The molecule has 0 bridgehead atoms. The first-order chi connectivity index (χ1) is 19.6. The van der Waals surface area contributed by atoms with Crippen molar-refractivity contribution in [3.05, 3.63) is 92.7 Å². The maximum Gasteiger partial charge on any atom is 0.266 e. The molecule has 2 aromatic carbocycles. The van der Waals surface area contributed by atoms with Gasteiger partial charge in [-0.3, -0.25) is 14.4 Å². The lowest BCUT2D eigenvalue weighted by Gasteiger charge is -2.38. The quantitative estimate of drug-likeness (QED) is 0.461. The number of nitrogens with zero attached hydrogens (tertiary/aromatic N) is 5. The van der Waals surface area contributed by atoms with E-state index >= 15 is 4.39 Å². The average Bonchev–Trinajstić information content (AvgIpc) is 3.35. The Morgan fingerprint density at radius 1 is 0.976 bits per heavy atom. The summed E-state index contributed by atoms with van der Waals surface area (Å²) in [7, 11) is 1.54. The Hall–Kier alpha value is -3.79. The number of hydrogen-bond donors (Lipinski definition) is 0. The summed E-state index contributed by atoms with van der Waals surface area (Å²) in [6.07, 6.45) is 1.33. The number of amides is 2. The van der Waals surface area contributed by atoms with Gasteiger partial charge in [-0.1, -0.05) is 29.8 Å². The second kappa shape index (κ2) is 12.0. The van der Waals surface area contributed by atoms with E-state index in [2.05, 4.69) is 5.10 Å². The Labute approximate surface area is 242 Å². The monoisotopic (exact) mass is 583 g/mol. The maximum atomic E-state index is 15.0. The van der Waals surface area contributed by atoms with Crippen LogP contribution in [0.5, 0.6) is 0 Å². The molecule has 41 heavy (non-hydrogen) atoms. The minimum atomic E-state index is -0.704. The smallest absolute Gasteiger partial charge is 0.266 e. The third-order valence-electron chi connectivity index (χ3n) is 8.13. The molecule has 0 aliphatic carbocycles. The highest BCUT2D eigenvalue weighted by Gasteiger charge is 2.42. The molecule has 2 saturated heterocycles. The standard InChI is InChI=1S/C30H32ClF2N5O3/c1-19(39)38-15-14-36(13-3-4-27(38)20-5-7-21(31)8-6-20)30(41)25-18-37(28-11-12-29(40)35(2)34-28)17-24(25)23-10-9-22(32)16-26(23)33/h5-12,16,24-25,27H,3-4,13-15,17-18H2,1-2H3/t24-,25+,27-/m0/s1. The zero-order chi connectivity index (χ0) is 29.3. The lowest BCUT2D eigenvalue weighted by atomic mass is 9.87. The zero-order valence-electron chi connectivity index (χ0n) is 23.0. The number of carbonyl (C=O) groups is 2. The Morgan fingerprint density at radius 2 is 1.73 bits per heavy atom. The first-order valence-electron chi connectivity index (χ1n) is 13.7. The minimum Gasteiger partial charge on any atom is -0.354 e. The SMILES string of the molecule is CC(=O)N1CCN(C(=O)[C@@H]2CN(c3ccc(=O)n(C)n3)C[C@H]2c2ccc(F)cc2F)CCC[C@H]1c1ccc(Cl)cc1. The summed E-state index contributed by atoms with van der Waals surface area (Å²) in [5, 5.41) is 4.95. The number of anilines is 1. The third-order valence-corrected chi connectivity index (χ3v) is 8.38. The topological polar surface area (TPSA) is 78.8 Å². The fourth-order valence-corrected chi connectivity index (χ4v) is 6.13. The van der Waals surface area contributed by atoms with Crippen LogP contribution in [0.15, 0.2) is 59.4 Å². The molecular formula is C30H32ClF2N5O3. The normalized spacial score (nSPS) is 21.5. The van der Waals surface area contributed by atoms with Crippen LogP contribution >= 0.6 is 11.6 Å². The molecule has 5 rings (SSSR count). The summed E-state index contributed by atoms with van der Waals surface area (Å²) in [6.45, 7) is 3.22. The molecule has 0 N–H and O–H groups in total. The van der Waals surface area contributed by atoms with E-state index in [0.29, 0.717) is 43.3 Å². The van der Waals surface area contributed by atoms with E-state index in [1.54, 1.807) is 22.9 Å². The lowest BCUT2D eigenvalue weighted by molar-refractivity contribution is -0.139. The number of hydrogen-bond acceptors (Lipinski definition) is 5. The number of aromatic nitrogens is 2. The molecule has 3 heterocycles. The largest absolute Gasteiger partial charge is 0.354 e. The van der Waals surface area contributed by atoms with E-state index in [9.17, 15) is 18.8 Å². The average molecular weight is 584 g/mol. The van der Waals surface area contributed by atoms with Crippen molar-refractivity contribution in [1.82, 2.24) is 19.6 Å². The number of carbonyl (C=O) groups excluding carboxylic acids is 2. The summed E-state index contributed by atoms with van der Waals surface area (Å²) in [5.74, 6) is -2.32. The van der Waals surface area contributed by atoms with Gasteiger partial charge < -0.3 is 14.7 Å². The summed E-state index contributed by atoms with van der Waals surface area (Å²) in [4.78, 5) is 44.1. The molecule has 1 aromatic heterocycles. The van der Waals surface area contributed by atoms with E-state index < -0.39 is 23.5 Å². The summed E-state index contributed by atoms with van der Waals surface area (Å²) >= 11 is 6.07. The van der Waals surface area contributed by atoms with Crippen molar-refractivity contribution in [3.8, 4) is 0 Å². The molecule has 0 spiro atoms. The van der Waals surface area contributed by atoms with Crippen LogP contribution in [-0.2, 0) is 16.6 Å². The number of aryl methyl sites for hydroxylation is 1. The van der Waals surface area contributed by atoms with Crippen molar-refractivity contribution >= 4 is 29.2 Å². The minimum absolute atomic E-state index is 0.0849. The van der Waals surface area contributed by atoms with Crippen molar-refractivity contribution in [3.63, 3.8) is 0 Å². The Kier molecular flexibility index (Phi) is 8.40. The molecule has 8 nitrogen and oxygen atoms in total. The van der Waals surface area contributed by atoms with Crippen LogP contribution in [-0.4, -0.2) is 64.1 Å². The zero-order valence-corrected chi connectivity index (χ0v) is 23.7. The van der Waals surface area contributed by atoms with Gasteiger partial charge in [0.05, 0.1) is 12.0 Å². The van der Waals surface area contributed by atoms with Gasteiger partial charge in [0.15, 0.2) is 0 Å². The van der Waals surface area contributed by atoms with Crippen molar-refractivity contribution in [2.75, 3.05) is 37.6 Å². The fraction of sp³-hybridized carbons (Fsp3) is 0.400. The molecule has 2 amide bonds. The second-order valence-electron chi connectivity index (χ2n) is 10.7. The van der Waals surface area contributed by atoms with E-state index in [0.717, 1.165) is 11.6 Å². The Bertz CT molecular complexity index is 1500. The van der Waals surface area contributed by atoms with E-state index in [1.807, 2.05) is 29.2 Å². The van der Waals surface area contributed by atoms with Gasteiger partial charge in [-0.05, 0) is 48.2 Å². The molecule has 0 unspecified atom stereocenters. The molecule has 11 heteroatoms. The summed E-state index contributed by atoms with van der Waals surface area (Å²) < 4.78 is 30.0. The van der Waals surface area contributed by atoms with Crippen molar-refractivity contribution in [1.29, 1.82) is 0 Å². The fourth-order valence-electron chi connectivity index (χ4n) is 6.01. The molecule has 2 fully saturated rings. The number of benzene rings is 2. The van der Waals surface area contributed by atoms with Gasteiger partial charge in [0.1, 0.15) is 17.5 Å². The van der Waals surface area contributed by atoms with Gasteiger partial charge in [0, 0.05) is 69.8 Å². The lowest BCUT2D eigenvalue weighted by Crippen LogP contribution is -2.47. The van der Waals surface area contributed by atoms with Crippen LogP contribution in [0.2, 0.25) is 5.02 Å². The summed E-state index contributed by atoms with van der Waals surface area (Å²) in [6, 6.07) is 13.8. The molecule has 0 saturated carbocycles. The third kappa shape index (κ3) is 6.12. The van der Waals surface area contributed by atoms with Gasteiger partial charge in [-0.15, -0.1) is 0 Å². The van der Waals surface area contributed by atoms with Crippen molar-refractivity contribution in [2.45, 2.75) is 31.7 Å². The van der Waals surface area contributed by atoms with Crippen molar-refractivity contribution in [2.24, 2.45) is 13.0 Å². The maximum absolute atomic E-state index is 15.0. The molecule has 3 aromatic rings. The second-order valence-corrected chi connectivity index (χ2v) is 11.1. The molecule has 2 aliphatic rings. The highest BCUT2D eigenvalue weighted by Crippen LogP contribution is 2.38.